The Labute approximate surface area is 555 Å². The van der Waals surface area contributed by atoms with Gasteiger partial charge in [0.25, 0.3) is 0 Å². The highest BCUT2D eigenvalue weighted by Gasteiger charge is 2.44. The van der Waals surface area contributed by atoms with Gasteiger partial charge in [0.1, 0.15) is 30.8 Å². The number of amides is 10. The molecule has 2 aliphatic rings. The molecule has 10 N–H and O–H groups in total. The molecule has 1 unspecified atom stereocenters. The van der Waals surface area contributed by atoms with E-state index in [4.69, 9.17) is 19.9 Å². The predicted octanol–water partition coefficient (Wildman–Crippen LogP) is 4.06. The van der Waals surface area contributed by atoms with E-state index in [0.29, 0.717) is 69.2 Å². The summed E-state index contributed by atoms with van der Waals surface area (Å²) in [4.78, 5) is 141. The predicted molar refractivity (Wildman–Crippen MR) is 352 cm³/mol. The highest BCUT2D eigenvalue weighted by atomic mass is 16.6. The van der Waals surface area contributed by atoms with Crippen LogP contribution >= 0.6 is 0 Å². The third-order valence-electron chi connectivity index (χ3n) is 17.9. The molecule has 2 aliphatic heterocycles. The second-order valence-corrected chi connectivity index (χ2v) is 26.0. The molecule has 0 aromatic heterocycles. The summed E-state index contributed by atoms with van der Waals surface area (Å²) in [5.74, 6) is -5.68. The Hall–Kier alpha value is -7.28. The number of nitrogens with two attached hydrogens (primary N) is 1. The van der Waals surface area contributed by atoms with Crippen LogP contribution in [0.3, 0.4) is 0 Å². The number of benzene rings is 1. The minimum absolute atomic E-state index is 0.0936. The van der Waals surface area contributed by atoms with Crippen molar-refractivity contribution < 1.29 is 72.4 Å². The topological polar surface area (TPSA) is 350 Å². The molecule has 10 amide bonds. The van der Waals surface area contributed by atoms with Crippen LogP contribution in [-0.2, 0) is 64.0 Å². The van der Waals surface area contributed by atoms with E-state index in [1.165, 1.54) is 32.2 Å². The number of likely N-dealkylation sites (N-methyl/N-ethyl adjacent to an activating group) is 2. The average molecular weight is 1320 g/mol. The van der Waals surface area contributed by atoms with Gasteiger partial charge in [-0.05, 0) is 99.4 Å². The summed E-state index contributed by atoms with van der Waals surface area (Å²) >= 11 is 0. The van der Waals surface area contributed by atoms with Crippen molar-refractivity contribution in [3.8, 4) is 0 Å². The number of carbonyl (C=O) groups is 10. The van der Waals surface area contributed by atoms with Crippen molar-refractivity contribution in [2.24, 2.45) is 35.3 Å². The van der Waals surface area contributed by atoms with Crippen molar-refractivity contribution in [3.63, 3.8) is 0 Å². The number of methoxy groups -OCH3 is 2. The van der Waals surface area contributed by atoms with Crippen molar-refractivity contribution in [2.75, 3.05) is 53.3 Å². The Bertz CT molecular complexity index is 2780. The number of rotatable bonds is 39. The van der Waals surface area contributed by atoms with Gasteiger partial charge < -0.3 is 60.8 Å². The number of hydrogen-bond donors (Lipinski definition) is 9. The first-order chi connectivity index (χ1) is 44.5. The number of carbonyl (C=O) groups excluding carboxylic acids is 10. The fraction of sp³-hybridized carbons (Fsp3) is 0.676. The third kappa shape index (κ3) is 23.3. The molecule has 13 atom stereocenters. The van der Waals surface area contributed by atoms with Crippen LogP contribution in [0.4, 0.5) is 10.5 Å². The van der Waals surface area contributed by atoms with E-state index in [2.05, 4.69) is 44.0 Å². The Morgan fingerprint density at radius 3 is 1.97 bits per heavy atom. The van der Waals surface area contributed by atoms with Crippen molar-refractivity contribution in [1.29, 1.82) is 0 Å². The number of imide groups is 1. The molecule has 26 nitrogen and oxygen atoms in total. The fourth-order valence-electron chi connectivity index (χ4n) is 12.2. The van der Waals surface area contributed by atoms with Crippen LogP contribution in [0.2, 0.25) is 0 Å². The SMILES string of the molecule is CC[C@H](C)[C@@H]([C@@H](CC(=O)N1CCC[C@H]1[C@H](OC)[C@@H](C)C(=O)N[C@H](C)[C@@H](O)c1ccccc1)OC)N(C)C(=O)[C@@H](NC(=O)[C@H](C(C)C)N(C)C(=O)OCc1c#cc(NC(=O)[C@H](CCCNC(N)O)NC(=O)[C@@H](NC(=O)CCCCCN2C(=O)CCC2=O)C(C)C)cc1)C(C)C. The smallest absolute Gasteiger partial charge is 0.410 e. The number of likely N-dealkylation sites (tertiary alicyclic amines) is 2. The first-order valence-corrected chi connectivity index (χ1v) is 33.2. The van der Waals surface area contributed by atoms with Crippen molar-refractivity contribution >= 4 is 64.9 Å². The zero-order valence-corrected chi connectivity index (χ0v) is 57.7. The number of aliphatic hydroxyl groups excluding tert-OH is 2. The van der Waals surface area contributed by atoms with Gasteiger partial charge in [0.15, 0.2) is 6.35 Å². The third-order valence-corrected chi connectivity index (χ3v) is 17.9. The van der Waals surface area contributed by atoms with Gasteiger partial charge in [0.2, 0.25) is 53.2 Å². The Morgan fingerprint density at radius 2 is 1.39 bits per heavy atom. The van der Waals surface area contributed by atoms with Crippen LogP contribution in [0, 0.1) is 41.7 Å². The van der Waals surface area contributed by atoms with Gasteiger partial charge in [-0.2, -0.15) is 0 Å². The second-order valence-electron chi connectivity index (χ2n) is 26.0. The molecule has 2 heterocycles. The zero-order valence-electron chi connectivity index (χ0n) is 57.7. The number of anilines is 1. The van der Waals surface area contributed by atoms with Gasteiger partial charge in [0, 0.05) is 66.2 Å². The van der Waals surface area contributed by atoms with Gasteiger partial charge >= 0.3 is 6.09 Å². The zero-order chi connectivity index (χ0) is 70.1. The maximum Gasteiger partial charge on any atom is 0.410 e. The molecular formula is C68H107N11O15. The van der Waals surface area contributed by atoms with Gasteiger partial charge in [0.05, 0.1) is 54.5 Å². The maximum absolute atomic E-state index is 14.8. The number of ether oxygens (including phenoxy) is 3. The van der Waals surface area contributed by atoms with E-state index in [1.807, 2.05) is 32.0 Å². The lowest BCUT2D eigenvalue weighted by Gasteiger charge is -2.41. The second kappa shape index (κ2) is 38.9. The van der Waals surface area contributed by atoms with Crippen molar-refractivity contribution in [1.82, 2.24) is 46.2 Å². The molecule has 2 saturated heterocycles. The van der Waals surface area contributed by atoms with Crippen molar-refractivity contribution in [3.05, 3.63) is 65.7 Å². The summed E-state index contributed by atoms with van der Waals surface area (Å²) in [5.41, 5.74) is 6.63. The highest BCUT2D eigenvalue weighted by Crippen LogP contribution is 2.31. The number of unbranched alkanes of at least 4 members (excludes halogenated alkanes) is 2. The lowest BCUT2D eigenvalue weighted by atomic mass is 9.89. The Morgan fingerprint density at radius 1 is 0.734 bits per heavy atom. The van der Waals surface area contributed by atoms with Gasteiger partial charge in [-0.3, -0.25) is 64.0 Å². The monoisotopic (exact) mass is 1320 g/mol. The average Bonchev–Trinajstić information content (AvgIpc) is 1.33. The summed E-state index contributed by atoms with van der Waals surface area (Å²) in [7, 11) is 6.06. The van der Waals surface area contributed by atoms with Crippen LogP contribution in [0.15, 0.2) is 42.5 Å². The quantitative estimate of drug-likeness (QED) is 0.0259. The minimum Gasteiger partial charge on any atom is -0.444 e. The first-order valence-electron chi connectivity index (χ1n) is 33.2. The lowest BCUT2D eigenvalue weighted by Crippen LogP contribution is -2.60. The van der Waals surface area contributed by atoms with Crippen LogP contribution < -0.4 is 37.6 Å². The molecule has 0 bridgehead atoms. The number of nitrogens with zero attached hydrogens (tertiary/aromatic N) is 4. The van der Waals surface area contributed by atoms with E-state index in [9.17, 15) is 58.2 Å². The number of hydrogen-bond acceptors (Lipinski definition) is 17. The molecule has 4 rings (SSSR count). The Kier molecular flexibility index (Phi) is 32.8. The minimum atomic E-state index is -1.30. The molecule has 2 fully saturated rings. The normalized spacial score (nSPS) is 17.9. The molecule has 0 saturated carbocycles. The highest BCUT2D eigenvalue weighted by molar-refractivity contribution is 6.02. The lowest BCUT2D eigenvalue weighted by molar-refractivity contribution is -0.148. The van der Waals surface area contributed by atoms with Crippen LogP contribution in [0.1, 0.15) is 164 Å². The molecule has 2 aromatic rings. The van der Waals surface area contributed by atoms with Gasteiger partial charge in [-0.25, -0.2) is 4.79 Å². The Balaban J connectivity index is 1.37. The van der Waals surface area contributed by atoms with E-state index in [-0.39, 0.29) is 92.3 Å². The van der Waals surface area contributed by atoms with E-state index >= 15 is 0 Å². The standard InChI is InChI=1S/C68H107N11O15/c1-15-43(8)59(51(92-13)38-55(83)78-37-23-27-50(78)61(93-14)44(9)62(85)71-45(10)60(84)47-24-18-16-19-25-47)76(11)66(89)57(41(4)5)75-65(88)58(42(6)7)77(12)68(91)94-39-46-29-31-48(32-30-46)72-63(86)49(26-22-35-70-67(69)90)73-64(87)56(40(2)3)74-52(80)28-20-17-21-36-79-53(81)33-34-54(79)82/h16,18-19,24-25,29,31,40-45,49-51,56-61,67,70,84,90H,15,17,20-23,26-28,33-39,69H2,1-14H3,(H,71,85)(H,72,86)(H,73,87)(H,74,80)(H,75,88)/t43-,44+,45+,49-,50-,51+,56-,57-,58-,59-,60+,61+,67?/m0/s1. The van der Waals surface area contributed by atoms with E-state index < -0.39 is 114 Å². The maximum atomic E-state index is 14.8. The molecule has 2 aromatic carbocycles. The molecule has 94 heavy (non-hydrogen) atoms. The van der Waals surface area contributed by atoms with Crippen LogP contribution in [0.5, 0.6) is 0 Å². The summed E-state index contributed by atoms with van der Waals surface area (Å²) in [6.45, 7) is 18.7. The van der Waals surface area contributed by atoms with Gasteiger partial charge in [-0.15, -0.1) is 0 Å². The summed E-state index contributed by atoms with van der Waals surface area (Å²) in [5, 5.41) is 37.3. The molecular weight excluding hydrogens is 1210 g/mol. The first kappa shape index (κ1) is 79.2. The number of aliphatic hydroxyl groups is 2. The van der Waals surface area contributed by atoms with E-state index in [1.54, 1.807) is 90.4 Å². The fourth-order valence-corrected chi connectivity index (χ4v) is 12.2. The summed E-state index contributed by atoms with van der Waals surface area (Å²) in [6, 6.07) is 11.9. The summed E-state index contributed by atoms with van der Waals surface area (Å²) in [6.07, 6.45) is -0.221. The molecule has 0 radical (unpaired) electrons. The van der Waals surface area contributed by atoms with Gasteiger partial charge in [-0.1, -0.05) is 112 Å². The summed E-state index contributed by atoms with van der Waals surface area (Å²) < 4.78 is 17.7. The molecule has 0 spiro atoms. The number of nitrogens with one attached hydrogen (secondary N) is 6. The molecule has 26 heteroatoms. The largest absolute Gasteiger partial charge is 0.444 e. The molecule has 0 aliphatic carbocycles. The van der Waals surface area contributed by atoms with Crippen LogP contribution in [0.25, 0.3) is 0 Å². The van der Waals surface area contributed by atoms with Crippen LogP contribution in [-0.4, -0.2) is 198 Å². The van der Waals surface area contributed by atoms with E-state index in [0.717, 1.165) is 4.90 Å². The molecule has 524 valence electrons. The van der Waals surface area contributed by atoms with Crippen molar-refractivity contribution in [2.45, 2.75) is 220 Å².